The van der Waals surface area contributed by atoms with Gasteiger partial charge < -0.3 is 4.90 Å². The van der Waals surface area contributed by atoms with Gasteiger partial charge >= 0.3 is 0 Å². The second-order valence-corrected chi connectivity index (χ2v) is 7.91. The predicted octanol–water partition coefficient (Wildman–Crippen LogP) is 2.97. The van der Waals surface area contributed by atoms with Crippen LogP contribution in [0.4, 0.5) is 0 Å². The van der Waals surface area contributed by atoms with E-state index in [4.69, 9.17) is 0 Å². The summed E-state index contributed by atoms with van der Waals surface area (Å²) >= 11 is 1.77. The van der Waals surface area contributed by atoms with Gasteiger partial charge in [-0.1, -0.05) is 0 Å². The molecule has 21 heavy (non-hydrogen) atoms. The van der Waals surface area contributed by atoms with Gasteiger partial charge in [-0.05, 0) is 73.5 Å². The van der Waals surface area contributed by atoms with Gasteiger partial charge in [-0.25, -0.2) is 0 Å². The molecule has 114 valence electrons. The summed E-state index contributed by atoms with van der Waals surface area (Å²) in [4.78, 5) is 17.5. The minimum Gasteiger partial charge on any atom is -0.342 e. The largest absolute Gasteiger partial charge is 0.342 e. The third kappa shape index (κ3) is 2.76. The van der Waals surface area contributed by atoms with Crippen LogP contribution in [-0.2, 0) is 11.3 Å². The zero-order valence-electron chi connectivity index (χ0n) is 12.6. The fourth-order valence-electron chi connectivity index (χ4n) is 3.92. The van der Waals surface area contributed by atoms with Crippen LogP contribution in [0.1, 0.15) is 37.7 Å². The lowest BCUT2D eigenvalue weighted by Crippen LogP contribution is -2.44. The van der Waals surface area contributed by atoms with Crippen LogP contribution in [0, 0.1) is 11.3 Å². The first kappa shape index (κ1) is 13.8. The topological polar surface area (TPSA) is 23.6 Å². The fraction of sp³-hybridized carbons (Fsp3) is 0.706. The average molecular weight is 304 g/mol. The third-order valence-electron chi connectivity index (χ3n) is 5.58. The van der Waals surface area contributed by atoms with Gasteiger partial charge in [0.25, 0.3) is 0 Å². The predicted molar refractivity (Wildman–Crippen MR) is 85.2 cm³/mol. The first-order valence-corrected chi connectivity index (χ1v) is 9.22. The van der Waals surface area contributed by atoms with Gasteiger partial charge in [-0.3, -0.25) is 9.69 Å². The Labute approximate surface area is 130 Å². The second kappa shape index (κ2) is 5.40. The average Bonchev–Trinajstić information content (AvgIpc) is 3.09. The molecule has 3 fully saturated rings. The number of rotatable bonds is 4. The van der Waals surface area contributed by atoms with E-state index in [9.17, 15) is 4.79 Å². The molecule has 0 aromatic carbocycles. The van der Waals surface area contributed by atoms with Crippen molar-refractivity contribution >= 4 is 17.2 Å². The standard InChI is InChI=1S/C17H24N2OS/c20-16-17(6-9-19(16)12-14-1-2-14)4-7-18(8-5-17)11-15-3-10-21-13-15/h3,10,13-14H,1-2,4-9,11-12H2. The van der Waals surface area contributed by atoms with E-state index in [0.717, 1.165) is 57.9 Å². The molecule has 1 amide bonds. The summed E-state index contributed by atoms with van der Waals surface area (Å²) in [5.74, 6) is 1.30. The Kier molecular flexibility index (Phi) is 3.54. The Hall–Kier alpha value is -0.870. The van der Waals surface area contributed by atoms with Gasteiger partial charge in [0.05, 0.1) is 5.41 Å². The lowest BCUT2D eigenvalue weighted by Gasteiger charge is -2.38. The molecule has 3 aliphatic rings. The van der Waals surface area contributed by atoms with Crippen molar-refractivity contribution in [2.24, 2.45) is 11.3 Å². The Morgan fingerprint density at radius 1 is 1.19 bits per heavy atom. The molecule has 4 rings (SSSR count). The van der Waals surface area contributed by atoms with E-state index in [2.05, 4.69) is 26.6 Å². The molecule has 0 atom stereocenters. The van der Waals surface area contributed by atoms with Crippen LogP contribution in [0.3, 0.4) is 0 Å². The number of hydrogen-bond acceptors (Lipinski definition) is 3. The minimum absolute atomic E-state index is 0.0000359. The van der Waals surface area contributed by atoms with Crippen LogP contribution >= 0.6 is 11.3 Å². The van der Waals surface area contributed by atoms with Crippen molar-refractivity contribution in [3.05, 3.63) is 22.4 Å². The van der Waals surface area contributed by atoms with Crippen LogP contribution in [0.15, 0.2) is 16.8 Å². The first-order valence-electron chi connectivity index (χ1n) is 8.28. The summed E-state index contributed by atoms with van der Waals surface area (Å²) in [6.07, 6.45) is 5.91. The summed E-state index contributed by atoms with van der Waals surface area (Å²) in [6, 6.07) is 2.22. The van der Waals surface area contributed by atoms with Crippen molar-refractivity contribution in [2.45, 2.75) is 38.6 Å². The molecule has 1 aliphatic carbocycles. The quantitative estimate of drug-likeness (QED) is 0.854. The number of carbonyl (C=O) groups excluding carboxylic acids is 1. The van der Waals surface area contributed by atoms with Crippen LogP contribution in [-0.4, -0.2) is 41.9 Å². The molecule has 3 nitrogen and oxygen atoms in total. The number of likely N-dealkylation sites (tertiary alicyclic amines) is 2. The van der Waals surface area contributed by atoms with Gasteiger partial charge in [-0.15, -0.1) is 0 Å². The molecule has 3 heterocycles. The molecule has 2 aliphatic heterocycles. The zero-order chi connectivity index (χ0) is 14.3. The molecule has 1 saturated carbocycles. The zero-order valence-corrected chi connectivity index (χ0v) is 13.4. The summed E-state index contributed by atoms with van der Waals surface area (Å²) in [5.41, 5.74) is 1.42. The smallest absolute Gasteiger partial charge is 0.228 e. The van der Waals surface area contributed by atoms with Crippen molar-refractivity contribution in [2.75, 3.05) is 26.2 Å². The number of piperidine rings is 1. The molecular weight excluding hydrogens is 280 g/mol. The monoisotopic (exact) mass is 304 g/mol. The maximum Gasteiger partial charge on any atom is 0.228 e. The Morgan fingerprint density at radius 3 is 2.62 bits per heavy atom. The van der Waals surface area contributed by atoms with E-state index in [1.165, 1.54) is 18.4 Å². The lowest BCUT2D eigenvalue weighted by molar-refractivity contribution is -0.138. The van der Waals surface area contributed by atoms with Crippen LogP contribution in [0.2, 0.25) is 0 Å². The molecule has 1 aromatic rings. The van der Waals surface area contributed by atoms with E-state index in [1.807, 2.05) is 0 Å². The van der Waals surface area contributed by atoms with E-state index >= 15 is 0 Å². The van der Waals surface area contributed by atoms with E-state index < -0.39 is 0 Å². The number of hydrogen-bond donors (Lipinski definition) is 0. The lowest BCUT2D eigenvalue weighted by atomic mass is 9.77. The van der Waals surface area contributed by atoms with E-state index in [-0.39, 0.29) is 5.41 Å². The summed E-state index contributed by atoms with van der Waals surface area (Å²) in [7, 11) is 0. The van der Waals surface area contributed by atoms with Gasteiger partial charge in [-0.2, -0.15) is 11.3 Å². The summed E-state index contributed by atoms with van der Waals surface area (Å²) in [6.45, 7) is 5.27. The maximum absolute atomic E-state index is 12.8. The molecule has 1 aromatic heterocycles. The van der Waals surface area contributed by atoms with Gasteiger partial charge in [0.1, 0.15) is 0 Å². The number of amides is 1. The van der Waals surface area contributed by atoms with Crippen LogP contribution in [0.5, 0.6) is 0 Å². The summed E-state index contributed by atoms with van der Waals surface area (Å²) in [5, 5.41) is 4.39. The highest BCUT2D eigenvalue weighted by molar-refractivity contribution is 7.07. The second-order valence-electron chi connectivity index (χ2n) is 7.13. The normalized spacial score (nSPS) is 25.9. The molecule has 0 bridgehead atoms. The minimum atomic E-state index is 0.0000359. The maximum atomic E-state index is 12.8. The van der Waals surface area contributed by atoms with Crippen LogP contribution in [0.25, 0.3) is 0 Å². The molecule has 0 N–H and O–H groups in total. The van der Waals surface area contributed by atoms with Crippen molar-refractivity contribution in [1.82, 2.24) is 9.80 Å². The van der Waals surface area contributed by atoms with Crippen molar-refractivity contribution in [1.29, 1.82) is 0 Å². The van der Waals surface area contributed by atoms with Gasteiger partial charge in [0, 0.05) is 19.6 Å². The number of carbonyl (C=O) groups is 1. The highest BCUT2D eigenvalue weighted by atomic mass is 32.1. The SMILES string of the molecule is O=C1N(CC2CC2)CCC12CCN(Cc1ccsc1)CC2. The highest BCUT2D eigenvalue weighted by Gasteiger charge is 2.48. The Bertz CT molecular complexity index is 501. The first-order chi connectivity index (χ1) is 10.3. The van der Waals surface area contributed by atoms with Crippen molar-refractivity contribution in [3.8, 4) is 0 Å². The molecule has 2 saturated heterocycles. The van der Waals surface area contributed by atoms with E-state index in [1.54, 1.807) is 11.3 Å². The van der Waals surface area contributed by atoms with Crippen molar-refractivity contribution < 1.29 is 4.79 Å². The molecule has 0 radical (unpaired) electrons. The Balaban J connectivity index is 1.34. The molecule has 0 unspecified atom stereocenters. The third-order valence-corrected chi connectivity index (χ3v) is 6.31. The van der Waals surface area contributed by atoms with Gasteiger partial charge in [0.15, 0.2) is 0 Å². The molecule has 4 heteroatoms. The summed E-state index contributed by atoms with van der Waals surface area (Å²) < 4.78 is 0. The van der Waals surface area contributed by atoms with Crippen LogP contribution < -0.4 is 0 Å². The Morgan fingerprint density at radius 2 is 1.95 bits per heavy atom. The molecule has 1 spiro atoms. The van der Waals surface area contributed by atoms with Crippen molar-refractivity contribution in [3.63, 3.8) is 0 Å². The fourth-order valence-corrected chi connectivity index (χ4v) is 4.58. The highest BCUT2D eigenvalue weighted by Crippen LogP contribution is 2.43. The number of nitrogens with zero attached hydrogens (tertiary/aromatic N) is 2. The van der Waals surface area contributed by atoms with Gasteiger partial charge in [0.2, 0.25) is 5.91 Å². The molecular formula is C17H24N2OS. The van der Waals surface area contributed by atoms with E-state index in [0.29, 0.717) is 5.91 Å². The number of thiophene rings is 1.